The third kappa shape index (κ3) is 1.53. The molecule has 0 amide bonds. The van der Waals surface area contributed by atoms with Gasteiger partial charge in [0.1, 0.15) is 25.3 Å². The number of para-hydroxylation sites is 2. The predicted molar refractivity (Wildman–Crippen MR) is 70.8 cm³/mol. The van der Waals surface area contributed by atoms with Gasteiger partial charge in [-0.1, -0.05) is 24.3 Å². The van der Waals surface area contributed by atoms with Crippen LogP contribution in [-0.4, -0.2) is 14.1 Å². The minimum atomic E-state index is 0.926. The molecule has 3 rings (SSSR count). The standard InChI is InChI=1S/C15H14NO/c1-16(2)15-11-7-3-5-9-13(11)17-14-10-6-4-8-12(14)15/h3-10H,1-2H3/q+1. The van der Waals surface area contributed by atoms with Crippen molar-refractivity contribution in [3.05, 3.63) is 53.9 Å². The fourth-order valence-corrected chi connectivity index (χ4v) is 2.25. The average molecular weight is 224 g/mol. The highest BCUT2D eigenvalue weighted by Crippen LogP contribution is 2.17. The maximum absolute atomic E-state index is 5.91. The zero-order valence-corrected chi connectivity index (χ0v) is 9.97. The van der Waals surface area contributed by atoms with Gasteiger partial charge in [0.25, 0.3) is 0 Å². The molecule has 0 aliphatic rings. The van der Waals surface area contributed by atoms with Crippen molar-refractivity contribution in [1.82, 2.24) is 4.58 Å². The van der Waals surface area contributed by atoms with Gasteiger partial charge >= 0.3 is 0 Å². The van der Waals surface area contributed by atoms with Gasteiger partial charge in [0.2, 0.25) is 5.36 Å². The summed E-state index contributed by atoms with van der Waals surface area (Å²) >= 11 is 0. The normalized spacial score (nSPS) is 10.9. The molecular formula is C15H14NO+. The van der Waals surface area contributed by atoms with Crippen molar-refractivity contribution in [2.45, 2.75) is 0 Å². The molecule has 0 fully saturated rings. The summed E-state index contributed by atoms with van der Waals surface area (Å²) in [6, 6.07) is 16.3. The van der Waals surface area contributed by atoms with E-state index in [0.29, 0.717) is 0 Å². The predicted octanol–water partition coefficient (Wildman–Crippen LogP) is 2.62. The molecule has 0 saturated carbocycles. The molecule has 17 heavy (non-hydrogen) atoms. The van der Waals surface area contributed by atoms with E-state index in [1.807, 2.05) is 36.4 Å². The van der Waals surface area contributed by atoms with Crippen molar-refractivity contribution in [1.29, 1.82) is 0 Å². The molecular weight excluding hydrogens is 210 g/mol. The van der Waals surface area contributed by atoms with Crippen LogP contribution in [0.25, 0.3) is 21.9 Å². The number of hydrogen-bond donors (Lipinski definition) is 0. The van der Waals surface area contributed by atoms with E-state index in [4.69, 9.17) is 4.42 Å². The maximum atomic E-state index is 5.91. The fraction of sp³-hybridized carbons (Fsp3) is 0.133. The number of fused-ring (bicyclic) bond motifs is 2. The lowest BCUT2D eigenvalue weighted by atomic mass is 10.1. The van der Waals surface area contributed by atoms with E-state index in [9.17, 15) is 0 Å². The molecule has 0 unspecified atom stereocenters. The highest BCUT2D eigenvalue weighted by atomic mass is 16.3. The van der Waals surface area contributed by atoms with Crippen molar-refractivity contribution in [3.63, 3.8) is 0 Å². The van der Waals surface area contributed by atoms with Gasteiger partial charge in [-0.2, -0.15) is 0 Å². The Balaban J connectivity index is 2.72. The van der Waals surface area contributed by atoms with Crippen molar-refractivity contribution in [3.8, 4) is 0 Å². The van der Waals surface area contributed by atoms with E-state index in [0.717, 1.165) is 21.9 Å². The second-order valence-electron chi connectivity index (χ2n) is 4.34. The summed E-state index contributed by atoms with van der Waals surface area (Å²) in [4.78, 5) is 0. The van der Waals surface area contributed by atoms with Gasteiger partial charge < -0.3 is 4.42 Å². The van der Waals surface area contributed by atoms with Crippen molar-refractivity contribution < 1.29 is 4.42 Å². The van der Waals surface area contributed by atoms with Crippen LogP contribution < -0.4 is 9.93 Å². The number of hydrogen-bond acceptors (Lipinski definition) is 1. The summed E-state index contributed by atoms with van der Waals surface area (Å²) in [6.07, 6.45) is 0. The zero-order chi connectivity index (χ0) is 11.8. The van der Waals surface area contributed by atoms with Gasteiger partial charge in [-0.05, 0) is 24.3 Å². The SMILES string of the molecule is C[N+](C)=c1c2ccccc2oc2ccccc12. The average Bonchev–Trinajstić information content (AvgIpc) is 2.35. The molecule has 0 atom stereocenters. The Bertz CT molecular complexity index is 707. The molecule has 0 aliphatic heterocycles. The quantitative estimate of drug-likeness (QED) is 0.423. The Kier molecular flexibility index (Phi) is 2.22. The summed E-state index contributed by atoms with van der Waals surface area (Å²) in [5.41, 5.74) is 1.85. The molecule has 0 radical (unpaired) electrons. The third-order valence-corrected chi connectivity index (χ3v) is 2.95. The number of rotatable bonds is 0. The summed E-state index contributed by atoms with van der Waals surface area (Å²) < 4.78 is 8.05. The van der Waals surface area contributed by atoms with Gasteiger partial charge in [0.15, 0.2) is 0 Å². The van der Waals surface area contributed by atoms with E-state index >= 15 is 0 Å². The first-order valence-electron chi connectivity index (χ1n) is 5.68. The number of benzene rings is 2. The van der Waals surface area contributed by atoms with E-state index in [1.54, 1.807) is 0 Å². The lowest BCUT2D eigenvalue weighted by Gasteiger charge is -2.01. The molecule has 0 aliphatic carbocycles. The van der Waals surface area contributed by atoms with Gasteiger partial charge in [-0.25, -0.2) is 4.58 Å². The summed E-state index contributed by atoms with van der Waals surface area (Å²) in [6.45, 7) is 0. The second-order valence-corrected chi connectivity index (χ2v) is 4.34. The fourth-order valence-electron chi connectivity index (χ4n) is 2.25. The van der Waals surface area contributed by atoms with E-state index < -0.39 is 0 Å². The minimum Gasteiger partial charge on any atom is -0.456 e. The molecule has 3 aromatic rings. The monoisotopic (exact) mass is 224 g/mol. The van der Waals surface area contributed by atoms with Crippen LogP contribution in [0, 0.1) is 0 Å². The molecule has 2 nitrogen and oxygen atoms in total. The highest BCUT2D eigenvalue weighted by Gasteiger charge is 2.09. The molecule has 0 saturated heterocycles. The molecule has 0 bridgehead atoms. The first kappa shape index (κ1) is 10.1. The second kappa shape index (κ2) is 3.74. The molecule has 1 heterocycles. The van der Waals surface area contributed by atoms with Crippen LogP contribution in [0.5, 0.6) is 0 Å². The van der Waals surface area contributed by atoms with Crippen molar-refractivity contribution in [2.75, 3.05) is 14.1 Å². The van der Waals surface area contributed by atoms with Crippen molar-refractivity contribution in [2.24, 2.45) is 0 Å². The summed E-state index contributed by atoms with van der Waals surface area (Å²) in [5.74, 6) is 0. The molecule has 0 N–H and O–H groups in total. The summed E-state index contributed by atoms with van der Waals surface area (Å²) in [7, 11) is 4.13. The molecule has 1 aromatic heterocycles. The lowest BCUT2D eigenvalue weighted by molar-refractivity contribution is 0.657. The van der Waals surface area contributed by atoms with Gasteiger partial charge in [0.05, 0.1) is 10.8 Å². The van der Waals surface area contributed by atoms with Gasteiger partial charge in [-0.3, -0.25) is 0 Å². The largest absolute Gasteiger partial charge is 0.456 e. The van der Waals surface area contributed by atoms with Gasteiger partial charge in [-0.15, -0.1) is 0 Å². The molecule has 2 aromatic carbocycles. The molecule has 84 valence electrons. The molecule has 0 spiro atoms. The summed E-state index contributed by atoms with van der Waals surface area (Å²) in [5, 5.41) is 3.51. The van der Waals surface area contributed by atoms with Crippen molar-refractivity contribution >= 4 is 21.9 Å². The Hall–Kier alpha value is -2.09. The Labute approximate surface area is 99.4 Å². The minimum absolute atomic E-state index is 0.926. The Morgan fingerprint density at radius 3 is 1.71 bits per heavy atom. The first-order valence-corrected chi connectivity index (χ1v) is 5.68. The van der Waals surface area contributed by atoms with Crippen LogP contribution in [0.1, 0.15) is 0 Å². The lowest BCUT2D eigenvalue weighted by Crippen LogP contribution is -2.23. The van der Waals surface area contributed by atoms with Crippen LogP contribution in [0.15, 0.2) is 52.9 Å². The Morgan fingerprint density at radius 1 is 0.765 bits per heavy atom. The van der Waals surface area contributed by atoms with Gasteiger partial charge in [0, 0.05) is 0 Å². The third-order valence-electron chi connectivity index (χ3n) is 2.95. The van der Waals surface area contributed by atoms with Crippen LogP contribution in [0.3, 0.4) is 0 Å². The van der Waals surface area contributed by atoms with Crippen LogP contribution in [0.4, 0.5) is 0 Å². The number of nitrogens with zero attached hydrogens (tertiary/aromatic N) is 1. The van der Waals surface area contributed by atoms with Crippen LogP contribution in [-0.2, 0) is 0 Å². The zero-order valence-electron chi connectivity index (χ0n) is 9.97. The van der Waals surface area contributed by atoms with E-state index in [2.05, 4.69) is 30.8 Å². The van der Waals surface area contributed by atoms with E-state index in [1.165, 1.54) is 5.36 Å². The molecule has 2 heteroatoms. The van der Waals surface area contributed by atoms with Crippen LogP contribution in [0.2, 0.25) is 0 Å². The smallest absolute Gasteiger partial charge is 0.221 e. The highest BCUT2D eigenvalue weighted by molar-refractivity contribution is 5.89. The topological polar surface area (TPSA) is 16.1 Å². The first-order chi connectivity index (χ1) is 8.27. The van der Waals surface area contributed by atoms with Crippen LogP contribution >= 0.6 is 0 Å². The Morgan fingerprint density at radius 2 is 1.24 bits per heavy atom. The van der Waals surface area contributed by atoms with E-state index in [-0.39, 0.29) is 0 Å². The maximum Gasteiger partial charge on any atom is 0.221 e.